The van der Waals surface area contributed by atoms with E-state index in [4.69, 9.17) is 4.52 Å². The van der Waals surface area contributed by atoms with Crippen LogP contribution in [-0.4, -0.2) is 21.8 Å². The van der Waals surface area contributed by atoms with Gasteiger partial charge in [0.05, 0.1) is 22.3 Å². The number of fused-ring (bicyclic) bond motifs is 1. The topological polar surface area (TPSA) is 68.0 Å². The summed E-state index contributed by atoms with van der Waals surface area (Å²) in [5, 5.41) is 6.69. The summed E-state index contributed by atoms with van der Waals surface area (Å²) in [6.07, 6.45) is 3.12. The number of carbonyl (C=O) groups excluding carboxylic acids is 1. The molecule has 0 fully saturated rings. The standard InChI is InChI=1S/C20H21N3O2S2/c1-3-4-5-6-7-10-26-20-22-17-9-8-15(12-18(17)27-20)21-19(24)13-16-11-14(2)23-25-16/h8-9,11-12H,3-4,7,10,13H2,1-2H3,(H,21,24). The van der Waals surface area contributed by atoms with Crippen molar-refractivity contribution in [2.45, 2.75) is 43.9 Å². The Labute approximate surface area is 166 Å². The molecule has 3 aromatic rings. The molecule has 0 bridgehead atoms. The van der Waals surface area contributed by atoms with E-state index in [2.05, 4.69) is 34.2 Å². The number of thiazole rings is 1. The van der Waals surface area contributed by atoms with Crippen molar-refractivity contribution in [2.24, 2.45) is 0 Å². The Morgan fingerprint density at radius 2 is 2.15 bits per heavy atom. The highest BCUT2D eigenvalue weighted by Gasteiger charge is 2.10. The second-order valence-electron chi connectivity index (χ2n) is 6.02. The third-order valence-corrected chi connectivity index (χ3v) is 5.78. The molecule has 1 N–H and O–H groups in total. The summed E-state index contributed by atoms with van der Waals surface area (Å²) in [5.41, 5.74) is 2.48. The fourth-order valence-corrected chi connectivity index (χ4v) is 4.43. The van der Waals surface area contributed by atoms with E-state index in [1.54, 1.807) is 29.2 Å². The number of amides is 1. The summed E-state index contributed by atoms with van der Waals surface area (Å²) in [5.74, 6) is 7.72. The molecule has 0 aliphatic heterocycles. The van der Waals surface area contributed by atoms with Crippen LogP contribution in [0.2, 0.25) is 0 Å². The third kappa shape index (κ3) is 5.84. The maximum Gasteiger partial charge on any atom is 0.232 e. The van der Waals surface area contributed by atoms with E-state index in [1.807, 2.05) is 25.1 Å². The molecule has 140 valence electrons. The molecule has 0 atom stereocenters. The highest BCUT2D eigenvalue weighted by atomic mass is 32.2. The number of aryl methyl sites for hydroxylation is 1. The van der Waals surface area contributed by atoms with Crippen LogP contribution >= 0.6 is 23.1 Å². The van der Waals surface area contributed by atoms with Gasteiger partial charge in [-0.1, -0.05) is 23.8 Å². The highest BCUT2D eigenvalue weighted by Crippen LogP contribution is 2.31. The van der Waals surface area contributed by atoms with Gasteiger partial charge in [-0.25, -0.2) is 4.98 Å². The van der Waals surface area contributed by atoms with Gasteiger partial charge in [-0.2, -0.15) is 0 Å². The Hall–Kier alpha value is -2.30. The van der Waals surface area contributed by atoms with Crippen molar-refractivity contribution in [2.75, 3.05) is 11.1 Å². The molecule has 1 aromatic carbocycles. The summed E-state index contributed by atoms with van der Waals surface area (Å²) >= 11 is 3.36. The lowest BCUT2D eigenvalue weighted by Crippen LogP contribution is -2.13. The van der Waals surface area contributed by atoms with Gasteiger partial charge in [0.2, 0.25) is 5.91 Å². The summed E-state index contributed by atoms with van der Waals surface area (Å²) in [6, 6.07) is 7.53. The quantitative estimate of drug-likeness (QED) is 0.342. The molecule has 0 saturated heterocycles. The number of anilines is 1. The lowest BCUT2D eigenvalue weighted by Gasteiger charge is -2.03. The van der Waals surface area contributed by atoms with Gasteiger partial charge >= 0.3 is 0 Å². The number of thioether (sulfide) groups is 1. The van der Waals surface area contributed by atoms with Gasteiger partial charge in [0, 0.05) is 30.3 Å². The lowest BCUT2D eigenvalue weighted by molar-refractivity contribution is -0.115. The van der Waals surface area contributed by atoms with Crippen LogP contribution < -0.4 is 5.32 Å². The van der Waals surface area contributed by atoms with Crippen LogP contribution in [0.3, 0.4) is 0 Å². The smallest absolute Gasteiger partial charge is 0.232 e. The van der Waals surface area contributed by atoms with Crippen molar-refractivity contribution in [3.8, 4) is 11.8 Å². The zero-order valence-electron chi connectivity index (χ0n) is 15.4. The zero-order chi connectivity index (χ0) is 19.1. The molecule has 0 aliphatic carbocycles. The summed E-state index contributed by atoms with van der Waals surface area (Å²) in [6.45, 7) is 3.96. The first-order valence-corrected chi connectivity index (χ1v) is 10.7. The number of hydrogen-bond donors (Lipinski definition) is 1. The number of unbranched alkanes of at least 4 members (excludes halogenated alkanes) is 1. The average molecular weight is 400 g/mol. The molecule has 0 saturated carbocycles. The molecule has 1 amide bonds. The monoisotopic (exact) mass is 399 g/mol. The summed E-state index contributed by atoms with van der Waals surface area (Å²) in [7, 11) is 0. The van der Waals surface area contributed by atoms with Gasteiger partial charge in [-0.3, -0.25) is 4.79 Å². The molecule has 27 heavy (non-hydrogen) atoms. The SMILES string of the molecule is CCCC#CCCSc1nc2ccc(NC(=O)Cc3cc(C)no3)cc2s1. The number of nitrogens with one attached hydrogen (secondary N) is 1. The van der Waals surface area contributed by atoms with Crippen LogP contribution in [0.1, 0.15) is 37.6 Å². The van der Waals surface area contributed by atoms with Gasteiger partial charge < -0.3 is 9.84 Å². The predicted molar refractivity (Wildman–Crippen MR) is 111 cm³/mol. The number of hydrogen-bond acceptors (Lipinski definition) is 6. The van der Waals surface area contributed by atoms with Gasteiger partial charge in [0.15, 0.2) is 4.34 Å². The Morgan fingerprint density at radius 1 is 1.30 bits per heavy atom. The Balaban J connectivity index is 1.57. The van der Waals surface area contributed by atoms with Crippen LogP contribution in [-0.2, 0) is 11.2 Å². The van der Waals surface area contributed by atoms with Crippen LogP contribution in [0.15, 0.2) is 33.1 Å². The van der Waals surface area contributed by atoms with Crippen molar-refractivity contribution < 1.29 is 9.32 Å². The fourth-order valence-electron chi connectivity index (χ4n) is 2.40. The molecule has 7 heteroatoms. The summed E-state index contributed by atoms with van der Waals surface area (Å²) in [4.78, 5) is 16.8. The first-order chi connectivity index (χ1) is 13.1. The lowest BCUT2D eigenvalue weighted by atomic mass is 10.2. The first-order valence-electron chi connectivity index (χ1n) is 8.85. The minimum absolute atomic E-state index is 0.129. The number of benzene rings is 1. The van der Waals surface area contributed by atoms with Crippen LogP contribution in [0, 0.1) is 18.8 Å². The largest absolute Gasteiger partial charge is 0.361 e. The molecule has 0 unspecified atom stereocenters. The third-order valence-electron chi connectivity index (χ3n) is 3.62. The van der Waals surface area contributed by atoms with Crippen LogP contribution in [0.25, 0.3) is 10.2 Å². The zero-order valence-corrected chi connectivity index (χ0v) is 17.0. The summed E-state index contributed by atoms with van der Waals surface area (Å²) < 4.78 is 7.17. The maximum atomic E-state index is 12.2. The number of aromatic nitrogens is 2. The van der Waals surface area contributed by atoms with Gasteiger partial charge in [0.25, 0.3) is 0 Å². The number of rotatable bonds is 7. The Bertz CT molecular complexity index is 982. The van der Waals surface area contributed by atoms with E-state index >= 15 is 0 Å². The molecule has 0 aliphatic rings. The molecule has 2 heterocycles. The minimum atomic E-state index is -0.129. The Morgan fingerprint density at radius 3 is 2.93 bits per heavy atom. The van der Waals surface area contributed by atoms with Gasteiger partial charge in [-0.15, -0.1) is 23.2 Å². The molecule has 0 radical (unpaired) electrons. The van der Waals surface area contributed by atoms with E-state index in [-0.39, 0.29) is 12.3 Å². The van der Waals surface area contributed by atoms with Crippen molar-refractivity contribution >= 4 is 44.9 Å². The second kappa shape index (κ2) is 9.58. The minimum Gasteiger partial charge on any atom is -0.361 e. The van der Waals surface area contributed by atoms with Crippen molar-refractivity contribution in [3.63, 3.8) is 0 Å². The second-order valence-corrected chi connectivity index (χ2v) is 8.40. The van der Waals surface area contributed by atoms with E-state index in [0.717, 1.165) is 51.0 Å². The molecule has 2 aromatic heterocycles. The molecule has 0 spiro atoms. The predicted octanol–water partition coefficient (Wildman–Crippen LogP) is 5.06. The van der Waals surface area contributed by atoms with E-state index < -0.39 is 0 Å². The van der Waals surface area contributed by atoms with Gasteiger partial charge in [0.1, 0.15) is 5.76 Å². The van der Waals surface area contributed by atoms with Crippen LogP contribution in [0.4, 0.5) is 5.69 Å². The van der Waals surface area contributed by atoms with Gasteiger partial charge in [-0.05, 0) is 31.5 Å². The maximum absolute atomic E-state index is 12.2. The van der Waals surface area contributed by atoms with E-state index in [0.29, 0.717) is 5.76 Å². The first kappa shape index (κ1) is 19.5. The molecular formula is C20H21N3O2S2. The van der Waals surface area contributed by atoms with Crippen molar-refractivity contribution in [1.29, 1.82) is 0 Å². The fraction of sp³-hybridized carbons (Fsp3) is 0.350. The van der Waals surface area contributed by atoms with Crippen molar-refractivity contribution in [1.82, 2.24) is 10.1 Å². The average Bonchev–Trinajstić information content (AvgIpc) is 3.23. The molecule has 3 rings (SSSR count). The van der Waals surface area contributed by atoms with E-state index in [9.17, 15) is 4.79 Å². The number of nitrogens with zero attached hydrogens (tertiary/aromatic N) is 2. The molecule has 5 nitrogen and oxygen atoms in total. The highest BCUT2D eigenvalue weighted by molar-refractivity contribution is 8.01. The van der Waals surface area contributed by atoms with Crippen molar-refractivity contribution in [3.05, 3.63) is 35.7 Å². The Kier molecular flexibility index (Phi) is 6.91. The van der Waals surface area contributed by atoms with Crippen LogP contribution in [0.5, 0.6) is 0 Å². The molecular weight excluding hydrogens is 378 g/mol. The van der Waals surface area contributed by atoms with E-state index in [1.165, 1.54) is 0 Å². The normalized spacial score (nSPS) is 10.6. The number of carbonyl (C=O) groups is 1.